The number of rotatable bonds is 4. The summed E-state index contributed by atoms with van der Waals surface area (Å²) in [6, 6.07) is 12.6. The molecule has 0 fully saturated rings. The van der Waals surface area contributed by atoms with Crippen LogP contribution < -0.4 is 11.2 Å². The fourth-order valence-corrected chi connectivity index (χ4v) is 2.53. The Bertz CT molecular complexity index is 959. The van der Waals surface area contributed by atoms with Crippen LogP contribution >= 0.6 is 0 Å². The van der Waals surface area contributed by atoms with Gasteiger partial charge >= 0.3 is 0 Å². The van der Waals surface area contributed by atoms with Crippen molar-refractivity contribution in [3.8, 4) is 5.69 Å². The predicted molar refractivity (Wildman–Crippen MR) is 98.9 cm³/mol. The number of aryl methyl sites for hydroxylation is 1. The molecule has 0 aliphatic rings. The third-order valence-corrected chi connectivity index (χ3v) is 3.95. The summed E-state index contributed by atoms with van der Waals surface area (Å²) >= 11 is 0. The van der Waals surface area contributed by atoms with Crippen LogP contribution in [0.15, 0.2) is 53.6 Å². The lowest BCUT2D eigenvalue weighted by Crippen LogP contribution is -2.17. The molecule has 2 aromatic carbocycles. The average molecular weight is 351 g/mol. The number of nitrogens with zero attached hydrogens (tertiary/aromatic N) is 3. The molecule has 0 radical (unpaired) electrons. The van der Waals surface area contributed by atoms with Crippen LogP contribution in [0.25, 0.3) is 5.69 Å². The summed E-state index contributed by atoms with van der Waals surface area (Å²) in [6.45, 7) is 3.72. The highest BCUT2D eigenvalue weighted by Crippen LogP contribution is 2.16. The minimum absolute atomic E-state index is 0.303. The summed E-state index contributed by atoms with van der Waals surface area (Å²) in [7, 11) is 0. The van der Waals surface area contributed by atoms with Gasteiger partial charge in [-0.2, -0.15) is 10.2 Å². The lowest BCUT2D eigenvalue weighted by molar-refractivity contribution is 0.0955. The first-order chi connectivity index (χ1) is 12.5. The molecular formula is C19H18FN5O. The number of nitrogens with two attached hydrogens (primary N) is 1. The maximum Gasteiger partial charge on any atom is 0.271 e. The van der Waals surface area contributed by atoms with E-state index in [0.29, 0.717) is 11.3 Å². The normalized spacial score (nSPS) is 11.0. The molecule has 0 saturated heterocycles. The van der Waals surface area contributed by atoms with Crippen LogP contribution in [0.1, 0.15) is 27.3 Å². The zero-order chi connectivity index (χ0) is 18.7. The fourth-order valence-electron chi connectivity index (χ4n) is 2.53. The summed E-state index contributed by atoms with van der Waals surface area (Å²) in [4.78, 5) is 12.1. The summed E-state index contributed by atoms with van der Waals surface area (Å²) in [6.07, 6.45) is 1.55. The Hall–Kier alpha value is -3.48. The molecule has 3 rings (SSSR count). The molecule has 0 saturated carbocycles. The zero-order valence-corrected chi connectivity index (χ0v) is 14.4. The highest BCUT2D eigenvalue weighted by molar-refractivity contribution is 5.95. The Morgan fingerprint density at radius 2 is 1.81 bits per heavy atom. The van der Waals surface area contributed by atoms with Gasteiger partial charge in [-0.25, -0.2) is 14.5 Å². The predicted octanol–water partition coefficient (Wildman–Crippen LogP) is 2.97. The van der Waals surface area contributed by atoms with Gasteiger partial charge in [0.1, 0.15) is 5.82 Å². The topological polar surface area (TPSA) is 85.3 Å². The van der Waals surface area contributed by atoms with Crippen LogP contribution in [0.4, 0.5) is 10.1 Å². The number of carbonyl (C=O) groups is 1. The molecule has 1 amide bonds. The number of carbonyl (C=O) groups excluding carboxylic acids is 1. The van der Waals surface area contributed by atoms with Gasteiger partial charge in [0.25, 0.3) is 5.91 Å². The van der Waals surface area contributed by atoms with Gasteiger partial charge in [-0.1, -0.05) is 0 Å². The molecule has 0 atom stereocenters. The summed E-state index contributed by atoms with van der Waals surface area (Å²) in [5.74, 6) is -0.634. The minimum atomic E-state index is -0.331. The fraction of sp³-hybridized carbons (Fsp3) is 0.105. The highest BCUT2D eigenvalue weighted by Gasteiger charge is 2.11. The molecule has 132 valence electrons. The molecule has 1 heterocycles. The number of anilines is 1. The van der Waals surface area contributed by atoms with Crippen LogP contribution in [-0.2, 0) is 0 Å². The number of nitrogen functional groups attached to an aromatic ring is 1. The number of benzene rings is 2. The van der Waals surface area contributed by atoms with Crippen LogP contribution in [-0.4, -0.2) is 21.9 Å². The van der Waals surface area contributed by atoms with E-state index < -0.39 is 0 Å². The van der Waals surface area contributed by atoms with Crippen molar-refractivity contribution in [2.45, 2.75) is 13.8 Å². The van der Waals surface area contributed by atoms with Gasteiger partial charge in [0, 0.05) is 16.8 Å². The van der Waals surface area contributed by atoms with E-state index in [-0.39, 0.29) is 11.7 Å². The third-order valence-electron chi connectivity index (χ3n) is 3.95. The highest BCUT2D eigenvalue weighted by atomic mass is 19.1. The average Bonchev–Trinajstić information content (AvgIpc) is 2.91. The lowest BCUT2D eigenvalue weighted by atomic mass is 10.2. The second-order valence-corrected chi connectivity index (χ2v) is 5.79. The summed E-state index contributed by atoms with van der Waals surface area (Å²) < 4.78 is 14.8. The molecule has 6 nitrogen and oxygen atoms in total. The zero-order valence-electron chi connectivity index (χ0n) is 14.4. The molecule has 7 heteroatoms. The van der Waals surface area contributed by atoms with Gasteiger partial charge in [-0.15, -0.1) is 0 Å². The van der Waals surface area contributed by atoms with Crippen LogP contribution in [0.2, 0.25) is 0 Å². The van der Waals surface area contributed by atoms with Crippen molar-refractivity contribution >= 4 is 17.8 Å². The number of hydrogen-bond donors (Lipinski definition) is 2. The van der Waals surface area contributed by atoms with E-state index in [0.717, 1.165) is 22.6 Å². The first kappa shape index (κ1) is 17.3. The second-order valence-electron chi connectivity index (χ2n) is 5.79. The monoisotopic (exact) mass is 351 g/mol. The quantitative estimate of drug-likeness (QED) is 0.430. The van der Waals surface area contributed by atoms with Crippen LogP contribution in [0.3, 0.4) is 0 Å². The van der Waals surface area contributed by atoms with Gasteiger partial charge in [0.2, 0.25) is 0 Å². The first-order valence-corrected chi connectivity index (χ1v) is 7.97. The molecule has 3 aromatic rings. The number of halogens is 1. The van der Waals surface area contributed by atoms with Crippen LogP contribution in [0, 0.1) is 19.7 Å². The van der Waals surface area contributed by atoms with Gasteiger partial charge < -0.3 is 5.73 Å². The van der Waals surface area contributed by atoms with Crippen molar-refractivity contribution in [2.75, 3.05) is 5.73 Å². The lowest BCUT2D eigenvalue weighted by Gasteiger charge is -2.04. The number of aromatic nitrogens is 2. The van der Waals surface area contributed by atoms with E-state index >= 15 is 0 Å². The van der Waals surface area contributed by atoms with Crippen molar-refractivity contribution < 1.29 is 9.18 Å². The third kappa shape index (κ3) is 3.61. The number of hydrazone groups is 1. The van der Waals surface area contributed by atoms with E-state index in [1.165, 1.54) is 12.1 Å². The van der Waals surface area contributed by atoms with Gasteiger partial charge in [0.15, 0.2) is 0 Å². The van der Waals surface area contributed by atoms with Gasteiger partial charge in [-0.05, 0) is 62.4 Å². The number of nitrogens with one attached hydrogen (secondary N) is 1. The Morgan fingerprint density at radius 1 is 1.15 bits per heavy atom. The Morgan fingerprint density at radius 3 is 2.46 bits per heavy atom. The standard InChI is InChI=1S/C19H18FN5O/c1-12-18(11-22-23-19(26)14-3-7-16(21)8-4-14)13(2)25(24-12)17-9-5-15(20)6-10-17/h3-11H,21H2,1-2H3,(H,23,26)/b22-11-. The van der Waals surface area contributed by atoms with Crippen molar-refractivity contribution in [1.29, 1.82) is 0 Å². The van der Waals surface area contributed by atoms with Gasteiger partial charge in [-0.3, -0.25) is 4.79 Å². The van der Waals surface area contributed by atoms with E-state index in [9.17, 15) is 9.18 Å². The first-order valence-electron chi connectivity index (χ1n) is 7.97. The molecule has 0 aliphatic carbocycles. The van der Waals surface area contributed by atoms with E-state index in [2.05, 4.69) is 15.6 Å². The van der Waals surface area contributed by atoms with Gasteiger partial charge in [0.05, 0.1) is 23.3 Å². The van der Waals surface area contributed by atoms with Crippen molar-refractivity contribution in [3.63, 3.8) is 0 Å². The Balaban J connectivity index is 1.77. The van der Waals surface area contributed by atoms with E-state index in [1.807, 2.05) is 13.8 Å². The molecule has 3 N–H and O–H groups in total. The Labute approximate surface area is 150 Å². The minimum Gasteiger partial charge on any atom is -0.399 e. The molecule has 1 aromatic heterocycles. The molecule has 0 bridgehead atoms. The molecule has 0 unspecified atom stereocenters. The van der Waals surface area contributed by atoms with E-state index in [1.54, 1.807) is 47.3 Å². The van der Waals surface area contributed by atoms with E-state index in [4.69, 9.17) is 5.73 Å². The maximum absolute atomic E-state index is 13.1. The van der Waals surface area contributed by atoms with Crippen molar-refractivity contribution in [3.05, 3.63) is 76.9 Å². The summed E-state index contributed by atoms with van der Waals surface area (Å²) in [5, 5.41) is 8.47. The van der Waals surface area contributed by atoms with Crippen LogP contribution in [0.5, 0.6) is 0 Å². The number of amides is 1. The molecule has 0 spiro atoms. The second kappa shape index (κ2) is 7.18. The SMILES string of the molecule is Cc1nn(-c2ccc(F)cc2)c(C)c1/C=N\NC(=O)c1ccc(N)cc1. The number of hydrogen-bond acceptors (Lipinski definition) is 4. The molecule has 0 aliphatic heterocycles. The smallest absolute Gasteiger partial charge is 0.271 e. The van der Waals surface area contributed by atoms with Crippen molar-refractivity contribution in [1.82, 2.24) is 15.2 Å². The molecular weight excluding hydrogens is 333 g/mol. The van der Waals surface area contributed by atoms with Crippen molar-refractivity contribution in [2.24, 2.45) is 5.10 Å². The molecule has 26 heavy (non-hydrogen) atoms. The Kier molecular flexibility index (Phi) is 4.79. The summed E-state index contributed by atoms with van der Waals surface area (Å²) in [5.41, 5.74) is 12.2. The largest absolute Gasteiger partial charge is 0.399 e. The maximum atomic E-state index is 13.1.